The van der Waals surface area contributed by atoms with Crippen LogP contribution in [0.15, 0.2) is 48.5 Å². The van der Waals surface area contributed by atoms with Crippen LogP contribution in [0.25, 0.3) is 0 Å². The van der Waals surface area contributed by atoms with Crippen LogP contribution >= 0.6 is 11.6 Å². The van der Waals surface area contributed by atoms with E-state index in [1.165, 1.54) is 5.56 Å². The minimum atomic E-state index is -1.31. The Hall–Kier alpha value is -1.88. The number of nitrogens with zero attached hydrogens (tertiary/aromatic N) is 1. The first-order chi connectivity index (χ1) is 11.2. The summed E-state index contributed by atoms with van der Waals surface area (Å²) in [5.41, 5.74) is 2.71. The maximum atomic E-state index is 13.0. The molecule has 5 heteroatoms. The molecule has 1 spiro atoms. The summed E-state index contributed by atoms with van der Waals surface area (Å²) in [6.07, 6.45) is 0.769. The molecule has 1 fully saturated rings. The van der Waals surface area contributed by atoms with E-state index in [2.05, 4.69) is 12.1 Å². The SMILES string of the molecule is O=C1N(CCc2ccccc2)c2ccc(Cl)cc2C12OCCO2. The average molecular weight is 330 g/mol. The van der Waals surface area contributed by atoms with E-state index in [0.717, 1.165) is 12.1 Å². The number of carbonyl (C=O) groups is 1. The first-order valence-corrected chi connectivity index (χ1v) is 8.02. The molecule has 0 saturated carbocycles. The predicted molar refractivity (Wildman–Crippen MR) is 87.5 cm³/mol. The molecular formula is C18H16ClNO3. The molecule has 1 saturated heterocycles. The van der Waals surface area contributed by atoms with Gasteiger partial charge >= 0.3 is 0 Å². The van der Waals surface area contributed by atoms with Crippen LogP contribution in [0.2, 0.25) is 5.02 Å². The average Bonchev–Trinajstić information content (AvgIpc) is 3.14. The molecule has 4 rings (SSSR count). The number of benzene rings is 2. The van der Waals surface area contributed by atoms with Crippen molar-refractivity contribution < 1.29 is 14.3 Å². The Balaban J connectivity index is 1.67. The Morgan fingerprint density at radius 2 is 1.83 bits per heavy atom. The molecule has 2 heterocycles. The molecule has 0 radical (unpaired) electrons. The summed E-state index contributed by atoms with van der Waals surface area (Å²) in [5, 5.41) is 0.569. The second kappa shape index (κ2) is 5.64. The zero-order chi connectivity index (χ0) is 15.9. The Bertz CT molecular complexity index is 741. The number of carbonyl (C=O) groups excluding carboxylic acids is 1. The molecule has 2 aliphatic rings. The lowest BCUT2D eigenvalue weighted by molar-refractivity contribution is -0.180. The van der Waals surface area contributed by atoms with Crippen molar-refractivity contribution in [2.45, 2.75) is 12.2 Å². The van der Waals surface area contributed by atoms with Gasteiger partial charge in [0.15, 0.2) is 0 Å². The highest BCUT2D eigenvalue weighted by Gasteiger charge is 2.55. The molecule has 0 aromatic heterocycles. The first kappa shape index (κ1) is 14.7. The van der Waals surface area contributed by atoms with Crippen LogP contribution in [0, 0.1) is 0 Å². The van der Waals surface area contributed by atoms with Gasteiger partial charge in [0.2, 0.25) is 0 Å². The predicted octanol–water partition coefficient (Wildman–Crippen LogP) is 3.13. The second-order valence-electron chi connectivity index (χ2n) is 5.67. The number of hydrogen-bond donors (Lipinski definition) is 0. The van der Waals surface area contributed by atoms with E-state index in [-0.39, 0.29) is 5.91 Å². The highest BCUT2D eigenvalue weighted by atomic mass is 35.5. The quantitative estimate of drug-likeness (QED) is 0.868. The first-order valence-electron chi connectivity index (χ1n) is 7.64. The minimum absolute atomic E-state index is 0.164. The van der Waals surface area contributed by atoms with Crippen molar-refractivity contribution in [1.82, 2.24) is 0 Å². The van der Waals surface area contributed by atoms with Crippen molar-refractivity contribution in [3.05, 3.63) is 64.7 Å². The summed E-state index contributed by atoms with van der Waals surface area (Å²) in [7, 11) is 0. The number of halogens is 1. The van der Waals surface area contributed by atoms with Crippen molar-refractivity contribution in [3.8, 4) is 0 Å². The zero-order valence-electron chi connectivity index (χ0n) is 12.5. The van der Waals surface area contributed by atoms with Crippen LogP contribution in [0.3, 0.4) is 0 Å². The van der Waals surface area contributed by atoms with Crippen molar-refractivity contribution in [3.63, 3.8) is 0 Å². The van der Waals surface area contributed by atoms with Gasteiger partial charge in [0.05, 0.1) is 18.9 Å². The Morgan fingerprint density at radius 1 is 1.09 bits per heavy atom. The van der Waals surface area contributed by atoms with Crippen molar-refractivity contribution in [2.75, 3.05) is 24.7 Å². The van der Waals surface area contributed by atoms with E-state index in [1.54, 1.807) is 17.0 Å². The topological polar surface area (TPSA) is 38.8 Å². The molecule has 2 aromatic rings. The van der Waals surface area contributed by atoms with Gasteiger partial charge < -0.3 is 14.4 Å². The molecule has 2 aromatic carbocycles. The summed E-state index contributed by atoms with van der Waals surface area (Å²) < 4.78 is 11.4. The van der Waals surface area contributed by atoms with Gasteiger partial charge in [0, 0.05) is 17.1 Å². The Morgan fingerprint density at radius 3 is 2.57 bits per heavy atom. The zero-order valence-corrected chi connectivity index (χ0v) is 13.3. The van der Waals surface area contributed by atoms with Crippen LogP contribution in [0.4, 0.5) is 5.69 Å². The van der Waals surface area contributed by atoms with Gasteiger partial charge in [0.25, 0.3) is 11.7 Å². The van der Waals surface area contributed by atoms with Gasteiger partial charge in [-0.15, -0.1) is 0 Å². The maximum Gasteiger partial charge on any atom is 0.292 e. The van der Waals surface area contributed by atoms with Gasteiger partial charge in [-0.1, -0.05) is 41.9 Å². The minimum Gasteiger partial charge on any atom is -0.336 e. The monoisotopic (exact) mass is 329 g/mol. The molecule has 4 nitrogen and oxygen atoms in total. The van der Waals surface area contributed by atoms with Gasteiger partial charge in [-0.2, -0.15) is 0 Å². The van der Waals surface area contributed by atoms with Crippen molar-refractivity contribution in [1.29, 1.82) is 0 Å². The molecule has 0 aliphatic carbocycles. The summed E-state index contributed by atoms with van der Waals surface area (Å²) in [6, 6.07) is 15.5. The van der Waals surface area contributed by atoms with E-state index >= 15 is 0 Å². The van der Waals surface area contributed by atoms with E-state index in [0.29, 0.717) is 30.3 Å². The molecule has 1 amide bonds. The fraction of sp³-hybridized carbons (Fsp3) is 0.278. The van der Waals surface area contributed by atoms with Crippen molar-refractivity contribution in [2.24, 2.45) is 0 Å². The third kappa shape index (κ3) is 2.34. The number of anilines is 1. The lowest BCUT2D eigenvalue weighted by Gasteiger charge is -2.22. The number of rotatable bonds is 3. The number of amides is 1. The van der Waals surface area contributed by atoms with Crippen LogP contribution in [0.5, 0.6) is 0 Å². The highest BCUT2D eigenvalue weighted by molar-refractivity contribution is 6.31. The summed E-state index contributed by atoms with van der Waals surface area (Å²) in [5.74, 6) is -1.47. The van der Waals surface area contributed by atoms with E-state index in [1.807, 2.05) is 24.3 Å². The molecule has 0 bridgehead atoms. The van der Waals surface area contributed by atoms with E-state index in [9.17, 15) is 4.79 Å². The van der Waals surface area contributed by atoms with Gasteiger partial charge in [-0.05, 0) is 30.2 Å². The number of ether oxygens (including phenoxy) is 2. The summed E-state index contributed by atoms with van der Waals surface area (Å²) >= 11 is 6.11. The molecule has 0 atom stereocenters. The van der Waals surface area contributed by atoms with Gasteiger partial charge in [0.1, 0.15) is 0 Å². The Labute approximate surface area is 139 Å². The molecule has 2 aliphatic heterocycles. The highest BCUT2D eigenvalue weighted by Crippen LogP contribution is 2.46. The lowest BCUT2D eigenvalue weighted by Crippen LogP contribution is -2.42. The van der Waals surface area contributed by atoms with E-state index < -0.39 is 5.79 Å². The molecule has 118 valence electrons. The molecule has 0 N–H and O–H groups in total. The normalized spacial score (nSPS) is 18.7. The number of hydrogen-bond acceptors (Lipinski definition) is 3. The van der Waals surface area contributed by atoms with Crippen LogP contribution in [0.1, 0.15) is 11.1 Å². The fourth-order valence-corrected chi connectivity index (χ4v) is 3.38. The molecule has 0 unspecified atom stereocenters. The van der Waals surface area contributed by atoms with Crippen LogP contribution in [-0.4, -0.2) is 25.7 Å². The smallest absolute Gasteiger partial charge is 0.292 e. The summed E-state index contributed by atoms with van der Waals surface area (Å²) in [6.45, 7) is 1.39. The molecule has 23 heavy (non-hydrogen) atoms. The fourth-order valence-electron chi connectivity index (χ4n) is 3.21. The van der Waals surface area contributed by atoms with Crippen molar-refractivity contribution >= 4 is 23.2 Å². The van der Waals surface area contributed by atoms with Gasteiger partial charge in [-0.3, -0.25) is 4.79 Å². The standard InChI is InChI=1S/C18H16ClNO3/c19-14-6-7-16-15(12-14)18(22-10-11-23-18)17(21)20(16)9-8-13-4-2-1-3-5-13/h1-7,12H,8-11H2. The third-order valence-corrected chi connectivity index (χ3v) is 4.53. The molecular weight excluding hydrogens is 314 g/mol. The second-order valence-corrected chi connectivity index (χ2v) is 6.10. The lowest BCUT2D eigenvalue weighted by atomic mass is 10.1. The van der Waals surface area contributed by atoms with Crippen LogP contribution < -0.4 is 4.90 Å². The maximum absolute atomic E-state index is 13.0. The third-order valence-electron chi connectivity index (χ3n) is 4.29. The Kier molecular flexibility index (Phi) is 3.60. The number of fused-ring (bicyclic) bond motifs is 2. The summed E-state index contributed by atoms with van der Waals surface area (Å²) in [4.78, 5) is 14.7. The van der Waals surface area contributed by atoms with Crippen LogP contribution in [-0.2, 0) is 26.5 Å². The van der Waals surface area contributed by atoms with Gasteiger partial charge in [-0.25, -0.2) is 0 Å². The largest absolute Gasteiger partial charge is 0.336 e. The van der Waals surface area contributed by atoms with E-state index in [4.69, 9.17) is 21.1 Å².